The number of carbonyl (C=O) groups excluding carboxylic acids is 1. The Morgan fingerprint density at radius 3 is 3.05 bits per heavy atom. The molecule has 0 radical (unpaired) electrons. The maximum Gasteiger partial charge on any atom is 0.225 e. The fourth-order valence-corrected chi connectivity index (χ4v) is 4.59. The van der Waals surface area contributed by atoms with Crippen molar-refractivity contribution >= 4 is 27.5 Å². The minimum atomic E-state index is 0.129. The van der Waals surface area contributed by atoms with Gasteiger partial charge in [-0.2, -0.15) is 0 Å². The summed E-state index contributed by atoms with van der Waals surface area (Å²) in [5, 5.41) is 1.08. The number of hydrogen-bond acceptors (Lipinski definition) is 4. The van der Waals surface area contributed by atoms with Crippen LogP contribution in [0.25, 0.3) is 10.2 Å². The predicted molar refractivity (Wildman–Crippen MR) is 86.9 cm³/mol. The second-order valence-electron chi connectivity index (χ2n) is 6.10. The molecule has 116 valence electrons. The lowest BCUT2D eigenvalue weighted by atomic mass is 10.1. The normalized spacial score (nSPS) is 25.2. The first-order valence-electron chi connectivity index (χ1n) is 8.08. The highest BCUT2D eigenvalue weighted by molar-refractivity contribution is 7.18. The van der Waals surface area contributed by atoms with Gasteiger partial charge in [-0.15, -0.1) is 11.3 Å². The molecule has 1 amide bonds. The van der Waals surface area contributed by atoms with E-state index in [9.17, 15) is 4.79 Å². The Labute approximate surface area is 134 Å². The van der Waals surface area contributed by atoms with Crippen LogP contribution in [0.3, 0.4) is 0 Å². The standard InChI is InChI=1S/C17H20N2O2S/c20-16(11-12-5-4-10-21-12)19-9-3-7-14(19)17-18-13-6-1-2-8-15(13)22-17/h1-2,6,8,12,14H,3-5,7,9-11H2/t12-,14+/m0/s1. The number of hydrogen-bond donors (Lipinski definition) is 0. The summed E-state index contributed by atoms with van der Waals surface area (Å²) in [6.45, 7) is 1.66. The summed E-state index contributed by atoms with van der Waals surface area (Å²) in [6, 6.07) is 8.36. The van der Waals surface area contributed by atoms with Gasteiger partial charge in [-0.25, -0.2) is 4.98 Å². The number of carbonyl (C=O) groups is 1. The van der Waals surface area contributed by atoms with E-state index in [0.29, 0.717) is 6.42 Å². The first kappa shape index (κ1) is 14.2. The van der Waals surface area contributed by atoms with Crippen LogP contribution in [0.1, 0.15) is 43.2 Å². The molecule has 2 fully saturated rings. The quantitative estimate of drug-likeness (QED) is 0.870. The van der Waals surface area contributed by atoms with Crippen molar-refractivity contribution < 1.29 is 9.53 Å². The molecule has 5 heteroatoms. The molecule has 2 saturated heterocycles. The number of thiazole rings is 1. The maximum absolute atomic E-state index is 12.6. The Morgan fingerprint density at radius 1 is 1.32 bits per heavy atom. The summed E-state index contributed by atoms with van der Waals surface area (Å²) >= 11 is 1.72. The molecule has 0 aliphatic carbocycles. The van der Waals surface area contributed by atoms with Crippen molar-refractivity contribution in [3.63, 3.8) is 0 Å². The monoisotopic (exact) mass is 316 g/mol. The smallest absolute Gasteiger partial charge is 0.225 e. The molecule has 0 unspecified atom stereocenters. The predicted octanol–water partition coefficient (Wildman–Crippen LogP) is 3.53. The van der Waals surface area contributed by atoms with Crippen molar-refractivity contribution in [2.75, 3.05) is 13.2 Å². The van der Waals surface area contributed by atoms with E-state index in [1.807, 2.05) is 23.1 Å². The zero-order valence-corrected chi connectivity index (χ0v) is 13.3. The van der Waals surface area contributed by atoms with Crippen molar-refractivity contribution in [3.8, 4) is 0 Å². The molecule has 22 heavy (non-hydrogen) atoms. The molecular weight excluding hydrogens is 296 g/mol. The van der Waals surface area contributed by atoms with Gasteiger partial charge in [-0.1, -0.05) is 12.1 Å². The number of para-hydroxylation sites is 1. The van der Waals surface area contributed by atoms with Crippen LogP contribution in [0.4, 0.5) is 0 Å². The van der Waals surface area contributed by atoms with E-state index in [4.69, 9.17) is 9.72 Å². The average Bonchev–Trinajstić information content (AvgIpc) is 3.26. The van der Waals surface area contributed by atoms with Crippen LogP contribution < -0.4 is 0 Å². The number of likely N-dealkylation sites (tertiary alicyclic amines) is 1. The molecule has 1 aromatic carbocycles. The highest BCUT2D eigenvalue weighted by atomic mass is 32.1. The van der Waals surface area contributed by atoms with Crippen molar-refractivity contribution in [1.82, 2.24) is 9.88 Å². The molecule has 0 saturated carbocycles. The second kappa shape index (κ2) is 5.97. The number of aromatic nitrogens is 1. The molecule has 1 aromatic heterocycles. The van der Waals surface area contributed by atoms with E-state index in [1.165, 1.54) is 4.70 Å². The van der Waals surface area contributed by atoms with Crippen LogP contribution in [-0.2, 0) is 9.53 Å². The molecule has 2 aliphatic rings. The van der Waals surface area contributed by atoms with Gasteiger partial charge in [0.2, 0.25) is 5.91 Å². The minimum absolute atomic E-state index is 0.129. The SMILES string of the molecule is O=C(C[C@@H]1CCCO1)N1CCC[C@@H]1c1nc2ccccc2s1. The number of nitrogens with zero attached hydrogens (tertiary/aromatic N) is 2. The number of rotatable bonds is 3. The van der Waals surface area contributed by atoms with Gasteiger partial charge in [0, 0.05) is 13.2 Å². The van der Waals surface area contributed by atoms with E-state index in [1.54, 1.807) is 11.3 Å². The highest BCUT2D eigenvalue weighted by Gasteiger charge is 2.33. The van der Waals surface area contributed by atoms with Gasteiger partial charge >= 0.3 is 0 Å². The summed E-state index contributed by atoms with van der Waals surface area (Å²) in [6.07, 6.45) is 4.85. The lowest BCUT2D eigenvalue weighted by molar-refractivity contribution is -0.134. The zero-order valence-electron chi connectivity index (χ0n) is 12.5. The Morgan fingerprint density at radius 2 is 2.23 bits per heavy atom. The van der Waals surface area contributed by atoms with Crippen molar-refractivity contribution in [2.45, 2.75) is 44.2 Å². The Bertz CT molecular complexity index is 645. The molecule has 4 rings (SSSR count). The first-order valence-corrected chi connectivity index (χ1v) is 8.89. The summed E-state index contributed by atoms with van der Waals surface area (Å²) in [4.78, 5) is 19.4. The van der Waals surface area contributed by atoms with Gasteiger partial charge in [0.1, 0.15) is 5.01 Å². The minimum Gasteiger partial charge on any atom is -0.378 e. The molecular formula is C17H20N2O2S. The van der Waals surface area contributed by atoms with Crippen LogP contribution in [0, 0.1) is 0 Å². The molecule has 2 aliphatic heterocycles. The molecule has 0 bridgehead atoms. The van der Waals surface area contributed by atoms with Gasteiger partial charge in [0.05, 0.1) is 28.8 Å². The topological polar surface area (TPSA) is 42.4 Å². The van der Waals surface area contributed by atoms with E-state index >= 15 is 0 Å². The molecule has 2 atom stereocenters. The van der Waals surface area contributed by atoms with Crippen molar-refractivity contribution in [2.24, 2.45) is 0 Å². The highest BCUT2D eigenvalue weighted by Crippen LogP contribution is 2.37. The third-order valence-corrected chi connectivity index (χ3v) is 5.73. The van der Waals surface area contributed by atoms with Gasteiger partial charge in [0.25, 0.3) is 0 Å². The van der Waals surface area contributed by atoms with Crippen LogP contribution in [0.5, 0.6) is 0 Å². The summed E-state index contributed by atoms with van der Waals surface area (Å²) in [7, 11) is 0. The van der Waals surface area contributed by atoms with Gasteiger partial charge < -0.3 is 9.64 Å². The molecule has 4 nitrogen and oxygen atoms in total. The van der Waals surface area contributed by atoms with Gasteiger partial charge in [-0.3, -0.25) is 4.79 Å². The first-order chi connectivity index (χ1) is 10.8. The Kier molecular flexibility index (Phi) is 3.84. The lowest BCUT2D eigenvalue weighted by Crippen LogP contribution is -2.32. The van der Waals surface area contributed by atoms with Crippen LogP contribution >= 0.6 is 11.3 Å². The van der Waals surface area contributed by atoms with Crippen LogP contribution in [0.15, 0.2) is 24.3 Å². The fourth-order valence-electron chi connectivity index (χ4n) is 3.47. The zero-order chi connectivity index (χ0) is 14.9. The van der Waals surface area contributed by atoms with Crippen LogP contribution in [-0.4, -0.2) is 35.0 Å². The van der Waals surface area contributed by atoms with E-state index in [0.717, 1.165) is 49.4 Å². The van der Waals surface area contributed by atoms with E-state index < -0.39 is 0 Å². The average molecular weight is 316 g/mol. The summed E-state index contributed by atoms with van der Waals surface area (Å²) < 4.78 is 6.82. The van der Waals surface area contributed by atoms with E-state index in [-0.39, 0.29) is 18.1 Å². The molecule has 0 spiro atoms. The maximum atomic E-state index is 12.6. The van der Waals surface area contributed by atoms with Crippen molar-refractivity contribution in [1.29, 1.82) is 0 Å². The summed E-state index contributed by atoms with van der Waals surface area (Å²) in [5.41, 5.74) is 1.04. The summed E-state index contributed by atoms with van der Waals surface area (Å²) in [5.74, 6) is 0.230. The van der Waals surface area contributed by atoms with Gasteiger partial charge in [0.15, 0.2) is 0 Å². The number of ether oxygens (including phenoxy) is 1. The molecule has 0 N–H and O–H groups in total. The van der Waals surface area contributed by atoms with Crippen molar-refractivity contribution in [3.05, 3.63) is 29.3 Å². The van der Waals surface area contributed by atoms with Gasteiger partial charge in [-0.05, 0) is 37.8 Å². The van der Waals surface area contributed by atoms with Crippen LogP contribution in [0.2, 0.25) is 0 Å². The van der Waals surface area contributed by atoms with E-state index in [2.05, 4.69) is 6.07 Å². The number of amides is 1. The Balaban J connectivity index is 1.53. The second-order valence-corrected chi connectivity index (χ2v) is 7.17. The number of fused-ring (bicyclic) bond motifs is 1. The fraction of sp³-hybridized carbons (Fsp3) is 0.529. The largest absolute Gasteiger partial charge is 0.378 e. The third kappa shape index (κ3) is 2.63. The molecule has 2 aromatic rings. The number of benzene rings is 1. The molecule has 3 heterocycles. The Hall–Kier alpha value is -1.46. The lowest BCUT2D eigenvalue weighted by Gasteiger charge is -2.24. The third-order valence-electron chi connectivity index (χ3n) is 4.59.